The van der Waals surface area contributed by atoms with Crippen LogP contribution in [-0.2, 0) is 6.61 Å². The van der Waals surface area contributed by atoms with Crippen LogP contribution >= 0.6 is 35.4 Å². The molecule has 0 unspecified atom stereocenters. The van der Waals surface area contributed by atoms with Crippen LogP contribution in [0.5, 0.6) is 5.75 Å². The number of carbonyl (C=O) groups excluding carboxylic acids is 1. The maximum absolute atomic E-state index is 11.7. The Morgan fingerprint density at radius 2 is 2.00 bits per heavy atom. The Hall–Kier alpha value is -1.82. The number of carbonyl (C=O) groups is 1. The number of hydrogen-bond acceptors (Lipinski definition) is 3. The highest BCUT2D eigenvalue weighted by Crippen LogP contribution is 2.26. The minimum absolute atomic E-state index is 0.0950. The number of nitrogens with one attached hydrogen (secondary N) is 1. The molecule has 7 heteroatoms. The summed E-state index contributed by atoms with van der Waals surface area (Å²) in [4.78, 5) is 11.7. The SMILES string of the molecule is NC(=S)NC(=O)c1ccc(OCc2cccc(Cl)c2)c(Cl)c1. The average molecular weight is 355 g/mol. The molecule has 4 nitrogen and oxygen atoms in total. The Kier molecular flexibility index (Phi) is 5.60. The van der Waals surface area contributed by atoms with Crippen molar-refractivity contribution in [3.05, 3.63) is 63.6 Å². The van der Waals surface area contributed by atoms with E-state index in [1.807, 2.05) is 12.1 Å². The summed E-state index contributed by atoms with van der Waals surface area (Å²) in [5, 5.41) is 3.18. The van der Waals surface area contributed by atoms with Crippen LogP contribution in [0, 0.1) is 0 Å². The van der Waals surface area contributed by atoms with E-state index < -0.39 is 5.91 Å². The molecule has 22 heavy (non-hydrogen) atoms. The highest BCUT2D eigenvalue weighted by molar-refractivity contribution is 7.80. The summed E-state index contributed by atoms with van der Waals surface area (Å²) in [5.41, 5.74) is 6.51. The first-order valence-corrected chi connectivity index (χ1v) is 7.39. The van der Waals surface area contributed by atoms with Gasteiger partial charge in [-0.25, -0.2) is 0 Å². The Labute approximate surface area is 143 Å². The van der Waals surface area contributed by atoms with Crippen molar-refractivity contribution >= 4 is 46.4 Å². The summed E-state index contributed by atoms with van der Waals surface area (Å²) >= 11 is 16.6. The maximum atomic E-state index is 11.7. The highest BCUT2D eigenvalue weighted by Gasteiger charge is 2.10. The molecule has 0 saturated carbocycles. The maximum Gasteiger partial charge on any atom is 0.257 e. The van der Waals surface area contributed by atoms with Crippen molar-refractivity contribution in [2.24, 2.45) is 5.73 Å². The summed E-state index contributed by atoms with van der Waals surface area (Å²) in [6.45, 7) is 0.318. The first kappa shape index (κ1) is 16.5. The monoisotopic (exact) mass is 354 g/mol. The third-order valence-corrected chi connectivity index (χ3v) is 3.35. The van der Waals surface area contributed by atoms with Crippen molar-refractivity contribution in [3.8, 4) is 5.75 Å². The van der Waals surface area contributed by atoms with Crippen molar-refractivity contribution in [2.75, 3.05) is 0 Å². The van der Waals surface area contributed by atoms with Crippen molar-refractivity contribution < 1.29 is 9.53 Å². The van der Waals surface area contributed by atoms with Crippen LogP contribution in [0.3, 0.4) is 0 Å². The number of amides is 1. The van der Waals surface area contributed by atoms with Gasteiger partial charge in [0.15, 0.2) is 5.11 Å². The van der Waals surface area contributed by atoms with Crippen LogP contribution < -0.4 is 15.8 Å². The van der Waals surface area contributed by atoms with Crippen molar-refractivity contribution in [3.63, 3.8) is 0 Å². The van der Waals surface area contributed by atoms with E-state index in [1.54, 1.807) is 24.3 Å². The number of thiocarbonyl (C=S) groups is 1. The quantitative estimate of drug-likeness (QED) is 0.824. The van der Waals surface area contributed by atoms with Crippen LogP contribution in [0.2, 0.25) is 10.0 Å². The van der Waals surface area contributed by atoms with E-state index in [0.717, 1.165) is 5.56 Å². The van der Waals surface area contributed by atoms with Crippen molar-refractivity contribution in [1.82, 2.24) is 5.32 Å². The van der Waals surface area contributed by atoms with Crippen molar-refractivity contribution in [1.29, 1.82) is 0 Å². The number of ether oxygens (including phenoxy) is 1. The molecule has 0 saturated heterocycles. The normalized spacial score (nSPS) is 10.1. The molecule has 2 aromatic rings. The van der Waals surface area contributed by atoms with Crippen LogP contribution in [0.15, 0.2) is 42.5 Å². The van der Waals surface area contributed by atoms with E-state index in [2.05, 4.69) is 17.5 Å². The topological polar surface area (TPSA) is 64.3 Å². The van der Waals surface area contributed by atoms with Gasteiger partial charge >= 0.3 is 0 Å². The first-order chi connectivity index (χ1) is 10.5. The van der Waals surface area contributed by atoms with Crippen LogP contribution in [0.4, 0.5) is 0 Å². The third-order valence-electron chi connectivity index (χ3n) is 2.71. The van der Waals surface area contributed by atoms with Gasteiger partial charge in [-0.1, -0.05) is 35.3 Å². The highest BCUT2D eigenvalue weighted by atomic mass is 35.5. The lowest BCUT2D eigenvalue weighted by Crippen LogP contribution is -2.34. The van der Waals surface area contributed by atoms with Gasteiger partial charge in [0.1, 0.15) is 12.4 Å². The first-order valence-electron chi connectivity index (χ1n) is 6.23. The molecule has 2 rings (SSSR count). The summed E-state index contributed by atoms with van der Waals surface area (Å²) in [7, 11) is 0. The summed E-state index contributed by atoms with van der Waals surface area (Å²) in [6, 6.07) is 12.0. The predicted molar refractivity (Wildman–Crippen MR) is 91.5 cm³/mol. The van der Waals surface area contributed by atoms with E-state index in [0.29, 0.717) is 28.0 Å². The second-order valence-electron chi connectivity index (χ2n) is 4.38. The number of benzene rings is 2. The largest absolute Gasteiger partial charge is 0.487 e. The molecule has 0 spiro atoms. The second kappa shape index (κ2) is 7.45. The van der Waals surface area contributed by atoms with Gasteiger partial charge < -0.3 is 10.5 Å². The van der Waals surface area contributed by atoms with Gasteiger partial charge in [-0.05, 0) is 48.1 Å². The third kappa shape index (κ3) is 4.59. The van der Waals surface area contributed by atoms with Gasteiger partial charge in [-0.15, -0.1) is 0 Å². The van der Waals surface area contributed by atoms with Gasteiger partial charge in [0.2, 0.25) is 0 Å². The zero-order chi connectivity index (χ0) is 16.1. The molecular formula is C15H12Cl2N2O2S. The predicted octanol–water partition coefficient (Wildman–Crippen LogP) is 3.55. The second-order valence-corrected chi connectivity index (χ2v) is 5.67. The zero-order valence-corrected chi connectivity index (χ0v) is 13.6. The molecule has 0 aliphatic rings. The summed E-state index contributed by atoms with van der Waals surface area (Å²) in [6.07, 6.45) is 0. The van der Waals surface area contributed by atoms with E-state index in [4.69, 9.17) is 33.7 Å². The summed E-state index contributed by atoms with van der Waals surface area (Å²) in [5.74, 6) is 0.0457. The molecule has 0 radical (unpaired) electrons. The Bertz CT molecular complexity index is 722. The molecule has 1 amide bonds. The van der Waals surface area contributed by atoms with E-state index in [1.165, 1.54) is 6.07 Å². The van der Waals surface area contributed by atoms with E-state index in [9.17, 15) is 4.79 Å². The van der Waals surface area contributed by atoms with E-state index >= 15 is 0 Å². The number of rotatable bonds is 4. The van der Waals surface area contributed by atoms with Gasteiger partial charge in [0, 0.05) is 10.6 Å². The fourth-order valence-corrected chi connectivity index (χ4v) is 2.27. The molecular weight excluding hydrogens is 343 g/mol. The lowest BCUT2D eigenvalue weighted by molar-refractivity contribution is 0.0977. The standard InChI is InChI=1S/C15H12Cl2N2O2S/c16-11-3-1-2-9(6-11)8-21-13-5-4-10(7-12(13)17)14(20)19-15(18)22/h1-7H,8H2,(H3,18,19,20,22). The molecule has 0 atom stereocenters. The molecule has 0 fully saturated rings. The molecule has 0 aliphatic heterocycles. The zero-order valence-electron chi connectivity index (χ0n) is 11.3. The number of nitrogens with two attached hydrogens (primary N) is 1. The van der Waals surface area contributed by atoms with Gasteiger partial charge in [-0.3, -0.25) is 10.1 Å². The molecule has 3 N–H and O–H groups in total. The fraction of sp³-hybridized carbons (Fsp3) is 0.0667. The molecule has 2 aromatic carbocycles. The lowest BCUT2D eigenvalue weighted by Gasteiger charge is -2.10. The minimum atomic E-state index is -0.421. The Morgan fingerprint density at radius 3 is 2.64 bits per heavy atom. The van der Waals surface area contributed by atoms with E-state index in [-0.39, 0.29) is 5.11 Å². The van der Waals surface area contributed by atoms with Gasteiger partial charge in [0.25, 0.3) is 5.91 Å². The Balaban J connectivity index is 2.06. The average Bonchev–Trinajstić information content (AvgIpc) is 2.45. The fourth-order valence-electron chi connectivity index (χ4n) is 1.73. The molecule has 114 valence electrons. The van der Waals surface area contributed by atoms with Gasteiger partial charge in [-0.2, -0.15) is 0 Å². The lowest BCUT2D eigenvalue weighted by atomic mass is 10.2. The van der Waals surface area contributed by atoms with Crippen LogP contribution in [0.1, 0.15) is 15.9 Å². The summed E-state index contributed by atoms with van der Waals surface area (Å²) < 4.78 is 5.62. The van der Waals surface area contributed by atoms with Crippen LogP contribution in [-0.4, -0.2) is 11.0 Å². The molecule has 0 aliphatic carbocycles. The van der Waals surface area contributed by atoms with Crippen molar-refractivity contribution in [2.45, 2.75) is 6.61 Å². The number of halogens is 2. The molecule has 0 aromatic heterocycles. The van der Waals surface area contributed by atoms with Gasteiger partial charge in [0.05, 0.1) is 5.02 Å². The molecule has 0 bridgehead atoms. The van der Waals surface area contributed by atoms with Crippen LogP contribution in [0.25, 0.3) is 0 Å². The molecule has 0 heterocycles. The number of hydrogen-bond donors (Lipinski definition) is 2. The minimum Gasteiger partial charge on any atom is -0.487 e. The Morgan fingerprint density at radius 1 is 1.23 bits per heavy atom. The smallest absolute Gasteiger partial charge is 0.257 e.